The van der Waals surface area contributed by atoms with Crippen molar-refractivity contribution in [3.63, 3.8) is 0 Å². The first kappa shape index (κ1) is 26.2. The fourth-order valence-corrected chi connectivity index (χ4v) is 3.52. The van der Waals surface area contributed by atoms with Gasteiger partial charge in [0, 0.05) is 38.0 Å². The smallest absolute Gasteiger partial charge is 0.191 e. The van der Waals surface area contributed by atoms with Gasteiger partial charge in [0.15, 0.2) is 5.96 Å². The van der Waals surface area contributed by atoms with Crippen LogP contribution in [0.1, 0.15) is 70.8 Å². The number of aryl methyl sites for hydroxylation is 2. The Morgan fingerprint density at radius 3 is 2.26 bits per heavy atom. The Hall–Kier alpha value is -0.830. The van der Waals surface area contributed by atoms with Gasteiger partial charge in [-0.1, -0.05) is 27.7 Å². The summed E-state index contributed by atoms with van der Waals surface area (Å²) in [5.74, 6) is 0.838. The van der Waals surface area contributed by atoms with Crippen LogP contribution in [-0.4, -0.2) is 40.5 Å². The van der Waals surface area contributed by atoms with Crippen LogP contribution in [0.4, 0.5) is 0 Å². The maximum Gasteiger partial charge on any atom is 0.191 e. The van der Waals surface area contributed by atoms with Gasteiger partial charge in [-0.05, 0) is 44.4 Å². The molecule has 0 amide bonds. The fraction of sp³-hybridized carbons (Fsp3) is 0.800. The van der Waals surface area contributed by atoms with E-state index < -0.39 is 0 Å². The minimum Gasteiger partial charge on any atom is -0.396 e. The largest absolute Gasteiger partial charge is 0.396 e. The Balaban J connectivity index is 0.00000676. The molecule has 0 unspecified atom stereocenters. The van der Waals surface area contributed by atoms with E-state index in [1.54, 1.807) is 0 Å². The molecular weight excluding hydrogens is 453 g/mol. The molecule has 0 spiro atoms. The molecular formula is C20H40IN5O. The van der Waals surface area contributed by atoms with Crippen molar-refractivity contribution < 1.29 is 5.11 Å². The minimum atomic E-state index is 0. The highest BCUT2D eigenvalue weighted by molar-refractivity contribution is 14.0. The number of guanidine groups is 1. The molecule has 0 fully saturated rings. The molecule has 0 aromatic carbocycles. The van der Waals surface area contributed by atoms with Crippen molar-refractivity contribution in [1.29, 1.82) is 0 Å². The first-order chi connectivity index (χ1) is 12.5. The molecule has 1 rings (SSSR count). The number of nitrogens with one attached hydrogen (secondary N) is 2. The first-order valence-corrected chi connectivity index (χ1v) is 10.2. The van der Waals surface area contributed by atoms with Gasteiger partial charge >= 0.3 is 0 Å². The van der Waals surface area contributed by atoms with E-state index in [9.17, 15) is 5.11 Å². The zero-order valence-corrected chi connectivity index (χ0v) is 20.4. The Morgan fingerprint density at radius 1 is 1.11 bits per heavy atom. The molecule has 0 bridgehead atoms. The lowest BCUT2D eigenvalue weighted by atomic mass is 9.79. The summed E-state index contributed by atoms with van der Waals surface area (Å²) in [7, 11) is 2.01. The minimum absolute atomic E-state index is 0. The molecule has 7 heteroatoms. The van der Waals surface area contributed by atoms with Gasteiger partial charge in [0.2, 0.25) is 0 Å². The zero-order chi connectivity index (χ0) is 19.6. The lowest BCUT2D eigenvalue weighted by molar-refractivity contribution is 0.169. The second-order valence-electron chi connectivity index (χ2n) is 6.93. The van der Waals surface area contributed by atoms with Crippen molar-refractivity contribution in [3.05, 3.63) is 17.0 Å². The van der Waals surface area contributed by atoms with Gasteiger partial charge < -0.3 is 15.7 Å². The van der Waals surface area contributed by atoms with Crippen LogP contribution in [-0.2, 0) is 26.4 Å². The zero-order valence-electron chi connectivity index (χ0n) is 18.1. The lowest BCUT2D eigenvalue weighted by Gasteiger charge is -2.32. The van der Waals surface area contributed by atoms with E-state index in [1.165, 1.54) is 11.3 Å². The van der Waals surface area contributed by atoms with Gasteiger partial charge in [-0.25, -0.2) is 4.99 Å². The Morgan fingerprint density at radius 2 is 1.78 bits per heavy atom. The van der Waals surface area contributed by atoms with E-state index >= 15 is 0 Å². The molecule has 0 saturated carbocycles. The second kappa shape index (κ2) is 13.4. The van der Waals surface area contributed by atoms with Crippen LogP contribution in [0, 0.1) is 5.41 Å². The third-order valence-corrected chi connectivity index (χ3v) is 5.54. The highest BCUT2D eigenvalue weighted by atomic mass is 127. The molecule has 0 aliphatic heterocycles. The number of aromatic nitrogens is 2. The van der Waals surface area contributed by atoms with Crippen molar-refractivity contribution in [2.24, 2.45) is 17.5 Å². The maximum atomic E-state index is 9.42. The summed E-state index contributed by atoms with van der Waals surface area (Å²) in [6, 6.07) is 0. The summed E-state index contributed by atoms with van der Waals surface area (Å²) < 4.78 is 1.99. The van der Waals surface area contributed by atoms with Crippen LogP contribution < -0.4 is 10.6 Å². The number of hydrogen-bond acceptors (Lipinski definition) is 3. The monoisotopic (exact) mass is 493 g/mol. The molecule has 3 N–H and O–H groups in total. The predicted octanol–water partition coefficient (Wildman–Crippen LogP) is 3.41. The summed E-state index contributed by atoms with van der Waals surface area (Å²) in [5.41, 5.74) is 3.77. The molecule has 6 nitrogen and oxygen atoms in total. The number of aliphatic hydroxyl groups is 1. The van der Waals surface area contributed by atoms with E-state index in [1.807, 2.05) is 11.7 Å². The standard InChI is InChI=1S/C20H39N5O.HI/c1-7-17-16(18(8-2)25(6)24-17)14-22-19(21-11-5)23-15-20(9-3,10-4)12-13-26;/h26H,7-15H2,1-6H3,(H2,21,22,23);1H. The molecule has 1 heterocycles. The van der Waals surface area contributed by atoms with Crippen molar-refractivity contribution in [1.82, 2.24) is 20.4 Å². The molecule has 1 aromatic heterocycles. The van der Waals surface area contributed by atoms with E-state index in [2.05, 4.69) is 50.4 Å². The molecule has 0 aliphatic rings. The van der Waals surface area contributed by atoms with Gasteiger partial charge in [0.25, 0.3) is 0 Å². The number of rotatable bonds is 11. The molecule has 0 saturated heterocycles. The predicted molar refractivity (Wildman–Crippen MR) is 125 cm³/mol. The molecule has 0 aliphatic carbocycles. The van der Waals surface area contributed by atoms with Crippen molar-refractivity contribution in [3.8, 4) is 0 Å². The van der Waals surface area contributed by atoms with Crippen LogP contribution >= 0.6 is 24.0 Å². The molecule has 27 heavy (non-hydrogen) atoms. The number of hydrogen-bond donors (Lipinski definition) is 3. The van der Waals surface area contributed by atoms with Crippen molar-refractivity contribution >= 4 is 29.9 Å². The Kier molecular flexibility index (Phi) is 13.0. The van der Waals surface area contributed by atoms with Crippen LogP contribution in [0.15, 0.2) is 4.99 Å². The molecule has 158 valence electrons. The van der Waals surface area contributed by atoms with Gasteiger partial charge in [0.1, 0.15) is 0 Å². The molecule has 1 aromatic rings. The van der Waals surface area contributed by atoms with Crippen LogP contribution in [0.5, 0.6) is 0 Å². The van der Waals surface area contributed by atoms with Crippen LogP contribution in [0.3, 0.4) is 0 Å². The summed E-state index contributed by atoms with van der Waals surface area (Å²) in [6.45, 7) is 13.3. The van der Waals surface area contributed by atoms with E-state index in [4.69, 9.17) is 4.99 Å². The second-order valence-corrected chi connectivity index (χ2v) is 6.93. The van der Waals surface area contributed by atoms with E-state index in [0.717, 1.165) is 56.8 Å². The molecule has 0 radical (unpaired) electrons. The van der Waals surface area contributed by atoms with Gasteiger partial charge in [0.05, 0.1) is 12.2 Å². The third kappa shape index (κ3) is 7.25. The third-order valence-electron chi connectivity index (χ3n) is 5.54. The quantitative estimate of drug-likeness (QED) is 0.251. The number of halogens is 1. The summed E-state index contributed by atoms with van der Waals surface area (Å²) in [4.78, 5) is 4.82. The van der Waals surface area contributed by atoms with Gasteiger partial charge in [-0.15, -0.1) is 24.0 Å². The van der Waals surface area contributed by atoms with Crippen LogP contribution in [0.2, 0.25) is 0 Å². The first-order valence-electron chi connectivity index (χ1n) is 10.2. The normalized spacial score (nSPS) is 12.0. The summed E-state index contributed by atoms with van der Waals surface area (Å²) in [5, 5.41) is 20.9. The van der Waals surface area contributed by atoms with E-state index in [0.29, 0.717) is 6.54 Å². The average Bonchev–Trinajstić information content (AvgIpc) is 2.97. The summed E-state index contributed by atoms with van der Waals surface area (Å²) in [6.07, 6.45) is 4.78. The SMILES string of the molecule is CCNC(=NCc1c(CC)nn(C)c1CC)NCC(CC)(CC)CCO.I. The fourth-order valence-electron chi connectivity index (χ4n) is 3.52. The average molecular weight is 493 g/mol. The van der Waals surface area contributed by atoms with Crippen molar-refractivity contribution in [2.45, 2.75) is 73.3 Å². The topological polar surface area (TPSA) is 74.5 Å². The highest BCUT2D eigenvalue weighted by Crippen LogP contribution is 2.29. The lowest BCUT2D eigenvalue weighted by Crippen LogP contribution is -2.43. The van der Waals surface area contributed by atoms with Crippen molar-refractivity contribution in [2.75, 3.05) is 19.7 Å². The van der Waals surface area contributed by atoms with Gasteiger partial charge in [-0.2, -0.15) is 5.10 Å². The number of aliphatic imine (C=N–C) groups is 1. The molecule has 0 atom stereocenters. The summed E-state index contributed by atoms with van der Waals surface area (Å²) >= 11 is 0. The Bertz CT molecular complexity index is 567. The number of nitrogens with zero attached hydrogens (tertiary/aromatic N) is 3. The maximum absolute atomic E-state index is 9.42. The van der Waals surface area contributed by atoms with Gasteiger partial charge in [-0.3, -0.25) is 4.68 Å². The number of aliphatic hydroxyl groups excluding tert-OH is 1. The van der Waals surface area contributed by atoms with E-state index in [-0.39, 0.29) is 36.0 Å². The Labute approximate surface area is 182 Å². The van der Waals surface area contributed by atoms with Crippen LogP contribution in [0.25, 0.3) is 0 Å². The highest BCUT2D eigenvalue weighted by Gasteiger charge is 2.25.